The molecule has 2 atom stereocenters. The van der Waals surface area contributed by atoms with Crippen molar-refractivity contribution < 1.29 is 15.0 Å². The van der Waals surface area contributed by atoms with E-state index in [0.717, 1.165) is 22.5 Å². The molecule has 3 rings (SSSR count). The Morgan fingerprint density at radius 1 is 1.36 bits per heavy atom. The van der Waals surface area contributed by atoms with Crippen LogP contribution in [0.15, 0.2) is 30.3 Å². The number of β-amino-alcohol motifs (C(OH)–C–C–N with tert-alkyl or cyclic N) is 1. The first-order chi connectivity index (χ1) is 11.9. The average molecular weight is 343 g/mol. The molecule has 3 N–H and O–H groups in total. The van der Waals surface area contributed by atoms with Crippen LogP contribution in [0.4, 0.5) is 0 Å². The molecular formula is C19H25N3O3. The van der Waals surface area contributed by atoms with E-state index >= 15 is 0 Å². The zero-order valence-corrected chi connectivity index (χ0v) is 14.7. The molecule has 6 heteroatoms. The molecular weight excluding hydrogens is 318 g/mol. The van der Waals surface area contributed by atoms with E-state index in [2.05, 4.69) is 15.1 Å². The van der Waals surface area contributed by atoms with Crippen molar-refractivity contribution in [1.82, 2.24) is 15.1 Å². The van der Waals surface area contributed by atoms with Crippen LogP contribution in [0.2, 0.25) is 0 Å². The molecule has 1 aromatic heterocycles. The van der Waals surface area contributed by atoms with E-state index < -0.39 is 17.5 Å². The molecule has 1 fully saturated rings. The number of benzene rings is 1. The Hall–Kier alpha value is -2.18. The minimum Gasteiger partial charge on any atom is -0.481 e. The third-order valence-electron chi connectivity index (χ3n) is 5.39. The van der Waals surface area contributed by atoms with Crippen LogP contribution in [0.25, 0.3) is 0 Å². The van der Waals surface area contributed by atoms with Gasteiger partial charge in [-0.25, -0.2) is 0 Å². The van der Waals surface area contributed by atoms with Crippen LogP contribution in [0.1, 0.15) is 28.9 Å². The fourth-order valence-corrected chi connectivity index (χ4v) is 3.70. The highest BCUT2D eigenvalue weighted by Crippen LogP contribution is 2.36. The minimum atomic E-state index is -1.13. The molecule has 1 aromatic carbocycles. The van der Waals surface area contributed by atoms with Gasteiger partial charge in [0.1, 0.15) is 5.41 Å². The molecule has 1 aliphatic rings. The van der Waals surface area contributed by atoms with Crippen LogP contribution in [0.3, 0.4) is 0 Å². The first-order valence-corrected chi connectivity index (χ1v) is 8.60. The van der Waals surface area contributed by atoms with Crippen LogP contribution in [-0.2, 0) is 17.8 Å². The fraction of sp³-hybridized carbons (Fsp3) is 0.474. The van der Waals surface area contributed by atoms with Crippen molar-refractivity contribution in [3.05, 3.63) is 52.8 Å². The van der Waals surface area contributed by atoms with Crippen LogP contribution in [-0.4, -0.2) is 50.5 Å². The van der Waals surface area contributed by atoms with E-state index in [9.17, 15) is 15.0 Å². The highest BCUT2D eigenvalue weighted by atomic mass is 16.4. The van der Waals surface area contributed by atoms with E-state index in [1.165, 1.54) is 0 Å². The number of piperidine rings is 1. The number of nitrogens with zero attached hydrogens (tertiary/aromatic N) is 2. The van der Waals surface area contributed by atoms with Gasteiger partial charge >= 0.3 is 5.97 Å². The number of H-pyrrole nitrogens is 1. The molecule has 134 valence electrons. The Morgan fingerprint density at radius 2 is 2.08 bits per heavy atom. The molecule has 0 radical (unpaired) electrons. The molecule has 0 bridgehead atoms. The number of aromatic amines is 1. The Bertz CT molecular complexity index is 724. The molecule has 0 spiro atoms. The van der Waals surface area contributed by atoms with Gasteiger partial charge in [0, 0.05) is 24.3 Å². The van der Waals surface area contributed by atoms with E-state index in [4.69, 9.17) is 0 Å². The van der Waals surface area contributed by atoms with Crippen molar-refractivity contribution in [3.63, 3.8) is 0 Å². The summed E-state index contributed by atoms with van der Waals surface area (Å²) < 4.78 is 0. The molecule has 1 aliphatic heterocycles. The van der Waals surface area contributed by atoms with E-state index in [1.54, 1.807) is 0 Å². The van der Waals surface area contributed by atoms with Gasteiger partial charge in [0.2, 0.25) is 0 Å². The second-order valence-corrected chi connectivity index (χ2v) is 7.04. The first-order valence-electron chi connectivity index (χ1n) is 8.60. The molecule has 0 unspecified atom stereocenters. The van der Waals surface area contributed by atoms with Crippen LogP contribution in [0, 0.1) is 19.3 Å². The van der Waals surface area contributed by atoms with Crippen LogP contribution in [0.5, 0.6) is 0 Å². The summed E-state index contributed by atoms with van der Waals surface area (Å²) in [6.45, 7) is 5.60. The van der Waals surface area contributed by atoms with E-state index in [1.807, 2.05) is 44.2 Å². The maximum atomic E-state index is 12.0. The number of aromatic nitrogens is 2. The summed E-state index contributed by atoms with van der Waals surface area (Å²) in [5, 5.41) is 27.8. The number of aliphatic carboxylic acids is 1. The monoisotopic (exact) mass is 343 g/mol. The van der Waals surface area contributed by atoms with Gasteiger partial charge in [0.05, 0.1) is 11.8 Å². The number of carboxylic acid groups (broad SMARTS) is 1. The number of carbonyl (C=O) groups is 1. The van der Waals surface area contributed by atoms with E-state index in [-0.39, 0.29) is 0 Å². The highest BCUT2D eigenvalue weighted by Gasteiger charge is 2.48. The standard InChI is InChI=1S/C19H25N3O3/c1-13-16(14(2)21-20-13)11-22-9-8-19(18(24)25,17(23)12-22)10-15-6-4-3-5-7-15/h3-7,17,23H,8-12H2,1-2H3,(H,20,21)(H,24,25)/t17-,19+/m0/s1. The van der Waals surface area contributed by atoms with Crippen molar-refractivity contribution in [2.45, 2.75) is 39.3 Å². The molecule has 6 nitrogen and oxygen atoms in total. The van der Waals surface area contributed by atoms with Gasteiger partial charge in [0.15, 0.2) is 0 Å². The first kappa shape index (κ1) is 17.6. The van der Waals surface area contributed by atoms with Crippen molar-refractivity contribution in [2.75, 3.05) is 13.1 Å². The van der Waals surface area contributed by atoms with Crippen molar-refractivity contribution >= 4 is 5.97 Å². The lowest BCUT2D eigenvalue weighted by molar-refractivity contribution is -0.163. The molecule has 0 amide bonds. The van der Waals surface area contributed by atoms with Gasteiger partial charge in [-0.1, -0.05) is 30.3 Å². The minimum absolute atomic E-state index is 0.349. The molecule has 25 heavy (non-hydrogen) atoms. The Kier molecular flexibility index (Phi) is 4.92. The summed E-state index contributed by atoms with van der Waals surface area (Å²) >= 11 is 0. The summed E-state index contributed by atoms with van der Waals surface area (Å²) in [5.74, 6) is -0.917. The topological polar surface area (TPSA) is 89.5 Å². The fourth-order valence-electron chi connectivity index (χ4n) is 3.70. The number of hydrogen-bond donors (Lipinski definition) is 3. The Balaban J connectivity index is 1.75. The summed E-state index contributed by atoms with van der Waals surface area (Å²) in [5.41, 5.74) is 2.91. The summed E-state index contributed by atoms with van der Waals surface area (Å²) in [4.78, 5) is 14.1. The summed E-state index contributed by atoms with van der Waals surface area (Å²) in [6, 6.07) is 9.54. The number of aliphatic hydroxyl groups is 1. The largest absolute Gasteiger partial charge is 0.481 e. The smallest absolute Gasteiger partial charge is 0.312 e. The maximum absolute atomic E-state index is 12.0. The summed E-state index contributed by atoms with van der Waals surface area (Å²) in [7, 11) is 0. The highest BCUT2D eigenvalue weighted by molar-refractivity contribution is 5.76. The molecule has 0 saturated carbocycles. The number of nitrogens with one attached hydrogen (secondary N) is 1. The van der Waals surface area contributed by atoms with Crippen LogP contribution >= 0.6 is 0 Å². The van der Waals surface area contributed by atoms with Gasteiger partial charge < -0.3 is 10.2 Å². The SMILES string of the molecule is Cc1n[nH]c(C)c1CN1CC[C@](Cc2ccccc2)(C(=O)O)[C@@H](O)C1. The third-order valence-corrected chi connectivity index (χ3v) is 5.39. The normalized spacial score (nSPS) is 24.4. The second kappa shape index (κ2) is 6.98. The number of hydrogen-bond acceptors (Lipinski definition) is 4. The second-order valence-electron chi connectivity index (χ2n) is 7.04. The number of rotatable bonds is 5. The Morgan fingerprint density at radius 3 is 2.64 bits per heavy atom. The van der Waals surface area contributed by atoms with E-state index in [0.29, 0.717) is 32.5 Å². The van der Waals surface area contributed by atoms with Crippen molar-refractivity contribution in [1.29, 1.82) is 0 Å². The number of aliphatic hydroxyl groups excluding tert-OH is 1. The van der Waals surface area contributed by atoms with Crippen LogP contribution < -0.4 is 0 Å². The lowest BCUT2D eigenvalue weighted by Crippen LogP contribution is -2.55. The number of likely N-dealkylation sites (tertiary alicyclic amines) is 1. The van der Waals surface area contributed by atoms with Gasteiger partial charge in [-0.2, -0.15) is 5.10 Å². The quantitative estimate of drug-likeness (QED) is 0.772. The van der Waals surface area contributed by atoms with Gasteiger partial charge in [-0.05, 0) is 38.8 Å². The predicted octanol–water partition coefficient (Wildman–Crippen LogP) is 1.91. The van der Waals surface area contributed by atoms with Gasteiger partial charge in [-0.3, -0.25) is 14.8 Å². The maximum Gasteiger partial charge on any atom is 0.312 e. The molecule has 2 aromatic rings. The Labute approximate surface area is 147 Å². The lowest BCUT2D eigenvalue weighted by atomic mass is 9.71. The van der Waals surface area contributed by atoms with Crippen molar-refractivity contribution in [3.8, 4) is 0 Å². The average Bonchev–Trinajstić information content (AvgIpc) is 2.90. The summed E-state index contributed by atoms with van der Waals surface area (Å²) in [6.07, 6.45) is -0.137. The zero-order chi connectivity index (χ0) is 18.0. The van der Waals surface area contributed by atoms with Crippen molar-refractivity contribution in [2.24, 2.45) is 5.41 Å². The molecule has 1 saturated heterocycles. The molecule has 2 heterocycles. The zero-order valence-electron chi connectivity index (χ0n) is 14.7. The number of aryl methyl sites for hydroxylation is 2. The lowest BCUT2D eigenvalue weighted by Gasteiger charge is -2.43. The predicted molar refractivity (Wildman–Crippen MR) is 94.2 cm³/mol. The number of carboxylic acids is 1. The van der Waals surface area contributed by atoms with Gasteiger partial charge in [-0.15, -0.1) is 0 Å². The third kappa shape index (κ3) is 3.45. The molecule has 0 aliphatic carbocycles. The van der Waals surface area contributed by atoms with Gasteiger partial charge in [0.25, 0.3) is 0 Å².